The molecule has 0 bridgehead atoms. The molecule has 1 aromatic rings. The maximum atomic E-state index is 12.6. The fraction of sp³-hybridized carbons (Fsp3) is 0.467. The number of aliphatic carboxylic acids is 1. The third kappa shape index (κ3) is 2.76. The molecule has 0 aromatic heterocycles. The molecule has 2 rings (SSSR count). The number of aryl methyl sites for hydroxylation is 1. The largest absolute Gasteiger partial charge is 0.480 e. The standard InChI is InChI=1S/C15H20N2O3/c1-9-3-4-12(16)11(7-9)14(18)17-6-5-10(2)8-13(17)15(19)20/h3-4,7,10,13H,5-6,8,16H2,1-2H3,(H,19,20). The van der Waals surface area contributed by atoms with Gasteiger partial charge in [-0.3, -0.25) is 4.79 Å². The molecule has 1 saturated heterocycles. The molecule has 5 nitrogen and oxygen atoms in total. The second kappa shape index (κ2) is 5.53. The van der Waals surface area contributed by atoms with Crippen LogP contribution >= 0.6 is 0 Å². The second-order valence-corrected chi connectivity index (χ2v) is 5.57. The first kappa shape index (κ1) is 14.4. The van der Waals surface area contributed by atoms with Crippen molar-refractivity contribution in [2.24, 2.45) is 5.92 Å². The summed E-state index contributed by atoms with van der Waals surface area (Å²) < 4.78 is 0. The zero-order valence-electron chi connectivity index (χ0n) is 11.8. The quantitative estimate of drug-likeness (QED) is 0.808. The molecule has 5 heteroatoms. The Morgan fingerprint density at radius 1 is 1.40 bits per heavy atom. The number of carbonyl (C=O) groups is 2. The molecular weight excluding hydrogens is 256 g/mol. The van der Waals surface area contributed by atoms with Crippen molar-refractivity contribution in [3.63, 3.8) is 0 Å². The Morgan fingerprint density at radius 3 is 2.75 bits per heavy atom. The van der Waals surface area contributed by atoms with Gasteiger partial charge in [0, 0.05) is 12.2 Å². The highest BCUT2D eigenvalue weighted by Gasteiger charge is 2.35. The normalized spacial score (nSPS) is 22.6. The number of nitrogens with two attached hydrogens (primary N) is 1. The molecule has 1 aromatic carbocycles. The van der Waals surface area contributed by atoms with E-state index in [1.165, 1.54) is 4.90 Å². The van der Waals surface area contributed by atoms with E-state index in [1.54, 1.807) is 12.1 Å². The fourth-order valence-corrected chi connectivity index (χ4v) is 2.63. The predicted molar refractivity (Wildman–Crippen MR) is 76.4 cm³/mol. The van der Waals surface area contributed by atoms with E-state index in [0.29, 0.717) is 30.1 Å². The molecule has 1 fully saturated rings. The SMILES string of the molecule is Cc1ccc(N)c(C(=O)N2CCC(C)CC2C(=O)O)c1. The highest BCUT2D eigenvalue weighted by molar-refractivity contribution is 6.01. The third-order valence-electron chi connectivity index (χ3n) is 3.85. The van der Waals surface area contributed by atoms with Gasteiger partial charge in [-0.1, -0.05) is 18.6 Å². The average Bonchev–Trinajstić information content (AvgIpc) is 2.40. The Morgan fingerprint density at radius 2 is 2.10 bits per heavy atom. The molecule has 1 aliphatic heterocycles. The van der Waals surface area contributed by atoms with Gasteiger partial charge in [0.05, 0.1) is 5.56 Å². The van der Waals surface area contributed by atoms with Crippen LogP contribution in [0.3, 0.4) is 0 Å². The van der Waals surface area contributed by atoms with E-state index in [2.05, 4.69) is 0 Å². The van der Waals surface area contributed by atoms with Gasteiger partial charge in [0.25, 0.3) is 5.91 Å². The van der Waals surface area contributed by atoms with Gasteiger partial charge in [-0.15, -0.1) is 0 Å². The van der Waals surface area contributed by atoms with E-state index in [4.69, 9.17) is 5.73 Å². The third-order valence-corrected chi connectivity index (χ3v) is 3.85. The van der Waals surface area contributed by atoms with Crippen LogP contribution < -0.4 is 5.73 Å². The van der Waals surface area contributed by atoms with Gasteiger partial charge in [-0.05, 0) is 37.8 Å². The Kier molecular flexibility index (Phi) is 3.97. The minimum absolute atomic E-state index is 0.287. The first-order valence-electron chi connectivity index (χ1n) is 6.80. The Labute approximate surface area is 118 Å². The summed E-state index contributed by atoms with van der Waals surface area (Å²) >= 11 is 0. The summed E-state index contributed by atoms with van der Waals surface area (Å²) in [6, 6.07) is 4.48. The molecule has 1 amide bonds. The van der Waals surface area contributed by atoms with E-state index in [0.717, 1.165) is 12.0 Å². The van der Waals surface area contributed by atoms with Crippen LogP contribution in [0.25, 0.3) is 0 Å². The molecule has 1 aliphatic rings. The van der Waals surface area contributed by atoms with Crippen LogP contribution in [0.15, 0.2) is 18.2 Å². The molecule has 20 heavy (non-hydrogen) atoms. The van der Waals surface area contributed by atoms with Crippen LogP contribution in [0.1, 0.15) is 35.7 Å². The number of hydrogen-bond acceptors (Lipinski definition) is 3. The fourth-order valence-electron chi connectivity index (χ4n) is 2.63. The summed E-state index contributed by atoms with van der Waals surface area (Å²) in [4.78, 5) is 25.4. The molecule has 0 aliphatic carbocycles. The number of nitrogen functional groups attached to an aromatic ring is 1. The lowest BCUT2D eigenvalue weighted by molar-refractivity contribution is -0.144. The van der Waals surface area contributed by atoms with Crippen molar-refractivity contribution in [2.75, 3.05) is 12.3 Å². The molecule has 2 unspecified atom stereocenters. The highest BCUT2D eigenvalue weighted by Crippen LogP contribution is 2.26. The van der Waals surface area contributed by atoms with Crippen molar-refractivity contribution >= 4 is 17.6 Å². The van der Waals surface area contributed by atoms with Crippen LogP contribution in [0, 0.1) is 12.8 Å². The first-order valence-corrected chi connectivity index (χ1v) is 6.80. The maximum absolute atomic E-state index is 12.6. The molecule has 0 saturated carbocycles. The van der Waals surface area contributed by atoms with Crippen molar-refractivity contribution in [3.05, 3.63) is 29.3 Å². The van der Waals surface area contributed by atoms with Crippen LogP contribution in [0.4, 0.5) is 5.69 Å². The number of likely N-dealkylation sites (tertiary alicyclic amines) is 1. The first-order chi connectivity index (χ1) is 9.40. The highest BCUT2D eigenvalue weighted by atomic mass is 16.4. The van der Waals surface area contributed by atoms with E-state index in [1.807, 2.05) is 19.9 Å². The maximum Gasteiger partial charge on any atom is 0.326 e. The Balaban J connectivity index is 2.31. The van der Waals surface area contributed by atoms with Gasteiger partial charge >= 0.3 is 5.97 Å². The number of carboxylic acids is 1. The molecule has 1 heterocycles. The van der Waals surface area contributed by atoms with E-state index in [9.17, 15) is 14.7 Å². The lowest BCUT2D eigenvalue weighted by Crippen LogP contribution is -2.49. The van der Waals surface area contributed by atoms with Crippen molar-refractivity contribution in [3.8, 4) is 0 Å². The van der Waals surface area contributed by atoms with E-state index >= 15 is 0 Å². The minimum atomic E-state index is -0.948. The molecular formula is C15H20N2O3. The molecule has 3 N–H and O–H groups in total. The summed E-state index contributed by atoms with van der Waals surface area (Å²) in [6.07, 6.45) is 1.31. The molecule has 0 spiro atoms. The minimum Gasteiger partial charge on any atom is -0.480 e. The van der Waals surface area contributed by atoms with Gasteiger partial charge < -0.3 is 15.7 Å². The van der Waals surface area contributed by atoms with Crippen LogP contribution in [-0.4, -0.2) is 34.5 Å². The number of nitrogens with zero attached hydrogens (tertiary/aromatic N) is 1. The summed E-state index contributed by atoms with van der Waals surface area (Å²) in [5, 5.41) is 9.32. The van der Waals surface area contributed by atoms with Gasteiger partial charge in [0.2, 0.25) is 0 Å². The zero-order chi connectivity index (χ0) is 14.9. The number of piperidine rings is 1. The Hall–Kier alpha value is -2.04. The van der Waals surface area contributed by atoms with Crippen molar-refractivity contribution in [2.45, 2.75) is 32.7 Å². The number of amides is 1. The van der Waals surface area contributed by atoms with Crippen LogP contribution in [0.5, 0.6) is 0 Å². The smallest absolute Gasteiger partial charge is 0.326 e. The number of hydrogen-bond donors (Lipinski definition) is 2. The average molecular weight is 276 g/mol. The van der Waals surface area contributed by atoms with Gasteiger partial charge in [-0.2, -0.15) is 0 Å². The number of rotatable bonds is 2. The van der Waals surface area contributed by atoms with Gasteiger partial charge in [0.15, 0.2) is 0 Å². The zero-order valence-corrected chi connectivity index (χ0v) is 11.8. The summed E-state index contributed by atoms with van der Waals surface area (Å²) in [5.74, 6) is -0.920. The monoisotopic (exact) mass is 276 g/mol. The number of anilines is 1. The summed E-state index contributed by atoms with van der Waals surface area (Å²) in [5.41, 5.74) is 7.57. The second-order valence-electron chi connectivity index (χ2n) is 5.57. The summed E-state index contributed by atoms with van der Waals surface area (Å²) in [7, 11) is 0. The van der Waals surface area contributed by atoms with Crippen LogP contribution in [0.2, 0.25) is 0 Å². The van der Waals surface area contributed by atoms with Gasteiger partial charge in [-0.25, -0.2) is 4.79 Å². The van der Waals surface area contributed by atoms with Crippen molar-refractivity contribution in [1.82, 2.24) is 4.90 Å². The Bertz CT molecular complexity index is 542. The number of carbonyl (C=O) groups excluding carboxylic acids is 1. The lowest BCUT2D eigenvalue weighted by atomic mass is 9.91. The molecule has 0 radical (unpaired) electrons. The number of benzene rings is 1. The predicted octanol–water partition coefficient (Wildman–Crippen LogP) is 1.90. The van der Waals surface area contributed by atoms with Crippen molar-refractivity contribution < 1.29 is 14.7 Å². The molecule has 108 valence electrons. The summed E-state index contributed by atoms with van der Waals surface area (Å²) in [6.45, 7) is 4.35. The van der Waals surface area contributed by atoms with Crippen LogP contribution in [-0.2, 0) is 4.79 Å². The van der Waals surface area contributed by atoms with Crippen molar-refractivity contribution in [1.29, 1.82) is 0 Å². The van der Waals surface area contributed by atoms with Gasteiger partial charge in [0.1, 0.15) is 6.04 Å². The topological polar surface area (TPSA) is 83.6 Å². The number of carboxylic acid groups (broad SMARTS) is 1. The molecule has 2 atom stereocenters. The van der Waals surface area contributed by atoms with E-state index < -0.39 is 12.0 Å². The van der Waals surface area contributed by atoms with E-state index in [-0.39, 0.29) is 5.91 Å². The lowest BCUT2D eigenvalue weighted by Gasteiger charge is -2.36.